The number of rotatable bonds is 5. The van der Waals surface area contributed by atoms with Crippen LogP contribution in [0.2, 0.25) is 10.0 Å². The van der Waals surface area contributed by atoms with Gasteiger partial charge in [-0.2, -0.15) is 0 Å². The van der Waals surface area contributed by atoms with Gasteiger partial charge in [-0.05, 0) is 36.8 Å². The van der Waals surface area contributed by atoms with Crippen LogP contribution >= 0.6 is 23.2 Å². The van der Waals surface area contributed by atoms with Gasteiger partial charge in [-0.25, -0.2) is 0 Å². The molecule has 1 aromatic heterocycles. The Morgan fingerprint density at radius 3 is 2.80 bits per heavy atom. The summed E-state index contributed by atoms with van der Waals surface area (Å²) in [5.74, 6) is 0.169. The van der Waals surface area contributed by atoms with E-state index >= 15 is 0 Å². The van der Waals surface area contributed by atoms with Crippen molar-refractivity contribution >= 4 is 29.1 Å². The Labute approximate surface area is 126 Å². The minimum atomic E-state index is -0.744. The van der Waals surface area contributed by atoms with Crippen molar-refractivity contribution in [1.29, 1.82) is 0 Å². The number of furan rings is 1. The van der Waals surface area contributed by atoms with E-state index in [4.69, 9.17) is 27.6 Å². The second-order valence-electron chi connectivity index (χ2n) is 4.20. The van der Waals surface area contributed by atoms with Gasteiger partial charge in [0.15, 0.2) is 0 Å². The van der Waals surface area contributed by atoms with Gasteiger partial charge in [-0.15, -0.1) is 0 Å². The van der Waals surface area contributed by atoms with Gasteiger partial charge in [0.2, 0.25) is 0 Å². The third kappa shape index (κ3) is 3.76. The molecule has 1 atom stereocenters. The number of nitrogens with one attached hydrogen (secondary N) is 1. The number of aliphatic hydroxyl groups is 1. The lowest BCUT2D eigenvalue weighted by Gasteiger charge is -2.10. The summed E-state index contributed by atoms with van der Waals surface area (Å²) in [5, 5.41) is 13.2. The van der Waals surface area contributed by atoms with Gasteiger partial charge < -0.3 is 14.8 Å². The number of carbonyl (C=O) groups is 1. The summed E-state index contributed by atoms with van der Waals surface area (Å²) >= 11 is 11.7. The van der Waals surface area contributed by atoms with Gasteiger partial charge in [-0.3, -0.25) is 4.79 Å². The van der Waals surface area contributed by atoms with Crippen LogP contribution in [0.3, 0.4) is 0 Å². The number of hydrogen-bond donors (Lipinski definition) is 2. The van der Waals surface area contributed by atoms with E-state index in [1.54, 1.807) is 24.3 Å². The average molecular weight is 314 g/mol. The summed E-state index contributed by atoms with van der Waals surface area (Å²) in [4.78, 5) is 11.9. The third-order valence-electron chi connectivity index (χ3n) is 2.75. The molecule has 4 nitrogen and oxygen atoms in total. The van der Waals surface area contributed by atoms with Crippen molar-refractivity contribution in [3.63, 3.8) is 0 Å². The predicted molar refractivity (Wildman–Crippen MR) is 77.1 cm³/mol. The van der Waals surface area contributed by atoms with Crippen molar-refractivity contribution in [2.24, 2.45) is 0 Å². The molecular weight excluding hydrogens is 301 g/mol. The third-order valence-corrected chi connectivity index (χ3v) is 3.30. The fraction of sp³-hybridized carbons (Fsp3) is 0.214. The first-order chi connectivity index (χ1) is 9.58. The number of benzene rings is 1. The Balaban J connectivity index is 1.86. The van der Waals surface area contributed by atoms with E-state index in [1.165, 1.54) is 12.3 Å². The van der Waals surface area contributed by atoms with Crippen LogP contribution < -0.4 is 5.32 Å². The summed E-state index contributed by atoms with van der Waals surface area (Å²) in [6.07, 6.45) is 1.10. The molecule has 1 heterocycles. The van der Waals surface area contributed by atoms with E-state index in [9.17, 15) is 9.90 Å². The van der Waals surface area contributed by atoms with Gasteiger partial charge in [-0.1, -0.05) is 23.2 Å². The van der Waals surface area contributed by atoms with Crippen molar-refractivity contribution in [1.82, 2.24) is 5.32 Å². The maximum Gasteiger partial charge on any atom is 0.252 e. The van der Waals surface area contributed by atoms with E-state index in [1.807, 2.05) is 0 Å². The summed E-state index contributed by atoms with van der Waals surface area (Å²) in [6.45, 7) is 0.305. The lowest BCUT2D eigenvalue weighted by Crippen LogP contribution is -2.25. The highest BCUT2D eigenvalue weighted by molar-refractivity contribution is 6.36. The fourth-order valence-corrected chi connectivity index (χ4v) is 2.21. The molecule has 0 spiro atoms. The largest absolute Gasteiger partial charge is 0.467 e. The average Bonchev–Trinajstić information content (AvgIpc) is 2.92. The highest BCUT2D eigenvalue weighted by Gasteiger charge is 2.13. The second-order valence-corrected chi connectivity index (χ2v) is 5.04. The zero-order valence-corrected chi connectivity index (χ0v) is 12.0. The van der Waals surface area contributed by atoms with Gasteiger partial charge in [0.1, 0.15) is 11.9 Å². The molecule has 0 saturated heterocycles. The van der Waals surface area contributed by atoms with Crippen molar-refractivity contribution in [3.8, 4) is 0 Å². The smallest absolute Gasteiger partial charge is 0.252 e. The zero-order valence-electron chi connectivity index (χ0n) is 10.5. The van der Waals surface area contributed by atoms with E-state index in [-0.39, 0.29) is 5.91 Å². The number of halogens is 2. The second kappa shape index (κ2) is 6.79. The molecule has 2 N–H and O–H groups in total. The zero-order chi connectivity index (χ0) is 14.5. The summed E-state index contributed by atoms with van der Waals surface area (Å²) < 4.78 is 5.07. The van der Waals surface area contributed by atoms with E-state index in [0.717, 1.165) is 0 Å². The maximum atomic E-state index is 11.9. The van der Waals surface area contributed by atoms with E-state index < -0.39 is 6.10 Å². The Morgan fingerprint density at radius 2 is 2.15 bits per heavy atom. The minimum absolute atomic E-state index is 0.293. The fourth-order valence-electron chi connectivity index (χ4n) is 1.71. The molecule has 0 aliphatic heterocycles. The SMILES string of the molecule is O=C(NCC[C@@H](O)c1ccco1)c1ccc(Cl)cc1Cl. The van der Waals surface area contributed by atoms with Crippen LogP contribution in [0.25, 0.3) is 0 Å². The first-order valence-corrected chi connectivity index (χ1v) is 6.78. The van der Waals surface area contributed by atoms with Crippen molar-refractivity contribution in [2.45, 2.75) is 12.5 Å². The minimum Gasteiger partial charge on any atom is -0.467 e. The monoisotopic (exact) mass is 313 g/mol. The molecule has 0 fully saturated rings. The van der Waals surface area contributed by atoms with Crippen LogP contribution in [0, 0.1) is 0 Å². The van der Waals surface area contributed by atoms with Crippen LogP contribution in [0.15, 0.2) is 41.0 Å². The molecule has 0 saturated carbocycles. The molecule has 1 amide bonds. The molecular formula is C14H13Cl2NO3. The lowest BCUT2D eigenvalue weighted by molar-refractivity contribution is 0.0936. The first kappa shape index (κ1) is 14.9. The van der Waals surface area contributed by atoms with Crippen LogP contribution in [-0.4, -0.2) is 17.6 Å². The van der Waals surface area contributed by atoms with Crippen molar-refractivity contribution < 1.29 is 14.3 Å². The molecule has 0 bridgehead atoms. The molecule has 0 unspecified atom stereocenters. The molecule has 0 aliphatic rings. The van der Waals surface area contributed by atoms with E-state index in [2.05, 4.69) is 5.32 Å². The number of amides is 1. The van der Waals surface area contributed by atoms with Crippen LogP contribution in [-0.2, 0) is 0 Å². The van der Waals surface area contributed by atoms with Gasteiger partial charge in [0, 0.05) is 11.6 Å². The molecule has 20 heavy (non-hydrogen) atoms. The molecule has 0 radical (unpaired) electrons. The summed E-state index contributed by atoms with van der Waals surface area (Å²) in [7, 11) is 0. The van der Waals surface area contributed by atoms with Gasteiger partial charge in [0.25, 0.3) is 5.91 Å². The molecule has 0 aliphatic carbocycles. The molecule has 106 valence electrons. The first-order valence-electron chi connectivity index (χ1n) is 6.02. The van der Waals surface area contributed by atoms with Crippen LogP contribution in [0.1, 0.15) is 28.6 Å². The van der Waals surface area contributed by atoms with Gasteiger partial charge in [0.05, 0.1) is 16.8 Å². The Hall–Kier alpha value is -1.49. The molecule has 2 rings (SSSR count). The standard InChI is InChI=1S/C14H13Cl2NO3/c15-9-3-4-10(11(16)8-9)14(19)17-6-5-12(18)13-2-1-7-20-13/h1-4,7-8,12,18H,5-6H2,(H,17,19)/t12-/m1/s1. The highest BCUT2D eigenvalue weighted by atomic mass is 35.5. The topological polar surface area (TPSA) is 62.5 Å². The number of aliphatic hydroxyl groups excluding tert-OH is 1. The normalized spacial score (nSPS) is 12.2. The van der Waals surface area contributed by atoms with Crippen LogP contribution in [0.4, 0.5) is 0 Å². The quantitative estimate of drug-likeness (QED) is 0.888. The Morgan fingerprint density at radius 1 is 1.35 bits per heavy atom. The van der Waals surface area contributed by atoms with Crippen molar-refractivity contribution in [2.75, 3.05) is 6.54 Å². The predicted octanol–water partition coefficient (Wildman–Crippen LogP) is 3.44. The maximum absolute atomic E-state index is 11.9. The molecule has 2 aromatic rings. The number of carbonyl (C=O) groups excluding carboxylic acids is 1. The highest BCUT2D eigenvalue weighted by Crippen LogP contribution is 2.21. The number of hydrogen-bond acceptors (Lipinski definition) is 3. The summed E-state index contributed by atoms with van der Waals surface area (Å²) in [6, 6.07) is 8.05. The van der Waals surface area contributed by atoms with Gasteiger partial charge >= 0.3 is 0 Å². The molecule has 6 heteroatoms. The van der Waals surface area contributed by atoms with Crippen molar-refractivity contribution in [3.05, 3.63) is 58.0 Å². The Kier molecular flexibility index (Phi) is 5.06. The van der Waals surface area contributed by atoms with Crippen LogP contribution in [0.5, 0.6) is 0 Å². The lowest BCUT2D eigenvalue weighted by atomic mass is 10.2. The molecule has 1 aromatic carbocycles. The van der Waals surface area contributed by atoms with E-state index in [0.29, 0.717) is 34.3 Å². The Bertz CT molecular complexity index is 584. The summed E-state index contributed by atoms with van der Waals surface area (Å²) in [5.41, 5.74) is 0.351.